The van der Waals surface area contributed by atoms with Gasteiger partial charge in [0.15, 0.2) is 0 Å². The Kier molecular flexibility index (Phi) is 5.20. The minimum Gasteiger partial charge on any atom is -0.410 e. The van der Waals surface area contributed by atoms with Crippen molar-refractivity contribution in [3.05, 3.63) is 62.3 Å². The minimum atomic E-state index is -0.538. The molecule has 1 aliphatic rings. The lowest BCUT2D eigenvalue weighted by Gasteiger charge is -2.33. The molecule has 2 heterocycles. The molecule has 0 N–H and O–H groups in total. The van der Waals surface area contributed by atoms with Crippen LogP contribution in [-0.2, 0) is 0 Å². The fraction of sp³-hybridized carbons (Fsp3) is 0.389. The van der Waals surface area contributed by atoms with E-state index in [-0.39, 0.29) is 23.0 Å². The van der Waals surface area contributed by atoms with E-state index in [0.717, 1.165) is 18.5 Å². The number of carbonyl (C=O) groups excluding carboxylic acids is 1. The van der Waals surface area contributed by atoms with E-state index in [2.05, 4.69) is 4.98 Å². The van der Waals surface area contributed by atoms with Gasteiger partial charge in [0.05, 0.1) is 16.7 Å². The summed E-state index contributed by atoms with van der Waals surface area (Å²) in [4.78, 5) is 40.7. The molecule has 0 bridgehead atoms. The fourth-order valence-corrected chi connectivity index (χ4v) is 3.21. The standard InChI is InChI=1S/C18H20N4O5/c1-12-10-21(17(23)13(2)19-12)15-4-3-9-20(11-15)18(24)27-16-7-5-14(6-8-16)22(25)26/h5-8,10,15H,3-4,9,11H2,1-2H3/t15-/m1/s1. The zero-order valence-electron chi connectivity index (χ0n) is 15.1. The average Bonchev–Trinajstić information content (AvgIpc) is 2.65. The van der Waals surface area contributed by atoms with Crippen LogP contribution in [0.4, 0.5) is 10.5 Å². The molecular formula is C18H20N4O5. The maximum Gasteiger partial charge on any atom is 0.415 e. The monoisotopic (exact) mass is 372 g/mol. The Hall–Kier alpha value is -3.23. The Morgan fingerprint density at radius 1 is 1.30 bits per heavy atom. The van der Waals surface area contributed by atoms with Crippen molar-refractivity contribution in [3.8, 4) is 5.75 Å². The number of likely N-dealkylation sites (tertiary alicyclic amines) is 1. The number of nitro groups is 1. The van der Waals surface area contributed by atoms with Crippen molar-refractivity contribution >= 4 is 11.8 Å². The van der Waals surface area contributed by atoms with Gasteiger partial charge in [-0.3, -0.25) is 19.9 Å². The van der Waals surface area contributed by atoms with Gasteiger partial charge < -0.3 is 14.2 Å². The number of nitro benzene ring substituents is 1. The second-order valence-corrected chi connectivity index (χ2v) is 6.54. The third kappa shape index (κ3) is 4.13. The molecule has 0 aliphatic carbocycles. The SMILES string of the molecule is Cc1cn([C@@H]2CCCN(C(=O)Oc3ccc([N+](=O)[O-])cc3)C2)c(=O)c(C)n1. The summed E-state index contributed by atoms with van der Waals surface area (Å²) < 4.78 is 6.96. The van der Waals surface area contributed by atoms with Crippen LogP contribution in [0.1, 0.15) is 30.3 Å². The van der Waals surface area contributed by atoms with Gasteiger partial charge in [-0.2, -0.15) is 0 Å². The van der Waals surface area contributed by atoms with Crippen molar-refractivity contribution in [1.82, 2.24) is 14.5 Å². The molecule has 3 rings (SSSR count). The van der Waals surface area contributed by atoms with E-state index in [0.29, 0.717) is 18.8 Å². The number of carbonyl (C=O) groups is 1. The summed E-state index contributed by atoms with van der Waals surface area (Å²) >= 11 is 0. The first-order valence-corrected chi connectivity index (χ1v) is 8.63. The molecule has 2 aromatic rings. The van der Waals surface area contributed by atoms with Gasteiger partial charge in [-0.15, -0.1) is 0 Å². The minimum absolute atomic E-state index is 0.0735. The number of hydrogen-bond donors (Lipinski definition) is 0. The van der Waals surface area contributed by atoms with Crippen LogP contribution in [0.3, 0.4) is 0 Å². The lowest BCUT2D eigenvalue weighted by atomic mass is 10.1. The van der Waals surface area contributed by atoms with Crippen LogP contribution in [0.15, 0.2) is 35.3 Å². The van der Waals surface area contributed by atoms with E-state index in [1.54, 1.807) is 22.6 Å². The molecule has 1 saturated heterocycles. The maximum absolute atomic E-state index is 12.5. The van der Waals surface area contributed by atoms with Crippen molar-refractivity contribution in [2.45, 2.75) is 32.7 Å². The second kappa shape index (κ2) is 7.56. The topological polar surface area (TPSA) is 108 Å². The van der Waals surface area contributed by atoms with Gasteiger partial charge in [0.25, 0.3) is 11.2 Å². The molecule has 9 heteroatoms. The number of ether oxygens (including phenoxy) is 1. The summed E-state index contributed by atoms with van der Waals surface area (Å²) in [6.07, 6.45) is 2.70. The number of non-ortho nitro benzene ring substituents is 1. The molecule has 1 aliphatic heterocycles. The largest absolute Gasteiger partial charge is 0.415 e. The van der Waals surface area contributed by atoms with Crippen LogP contribution in [-0.4, -0.2) is 38.6 Å². The third-order valence-electron chi connectivity index (χ3n) is 4.51. The molecule has 9 nitrogen and oxygen atoms in total. The highest BCUT2D eigenvalue weighted by Gasteiger charge is 2.27. The summed E-state index contributed by atoms with van der Waals surface area (Å²) in [6.45, 7) is 4.39. The van der Waals surface area contributed by atoms with Crippen molar-refractivity contribution in [3.63, 3.8) is 0 Å². The summed E-state index contributed by atoms with van der Waals surface area (Å²) in [7, 11) is 0. The van der Waals surface area contributed by atoms with Gasteiger partial charge >= 0.3 is 6.09 Å². The molecule has 1 fully saturated rings. The Balaban J connectivity index is 1.71. The van der Waals surface area contributed by atoms with Crippen molar-refractivity contribution in [2.24, 2.45) is 0 Å². The third-order valence-corrected chi connectivity index (χ3v) is 4.51. The highest BCUT2D eigenvalue weighted by atomic mass is 16.6. The zero-order valence-corrected chi connectivity index (χ0v) is 15.1. The summed E-state index contributed by atoms with van der Waals surface area (Å²) in [5, 5.41) is 10.7. The van der Waals surface area contributed by atoms with Crippen molar-refractivity contribution in [1.29, 1.82) is 0 Å². The zero-order chi connectivity index (χ0) is 19.6. The van der Waals surface area contributed by atoms with Gasteiger partial charge in [0, 0.05) is 31.4 Å². The highest BCUT2D eigenvalue weighted by Crippen LogP contribution is 2.23. The first kappa shape index (κ1) is 18.6. The number of aryl methyl sites for hydroxylation is 2. The van der Waals surface area contributed by atoms with E-state index < -0.39 is 11.0 Å². The number of nitrogens with zero attached hydrogens (tertiary/aromatic N) is 4. The quantitative estimate of drug-likeness (QED) is 0.605. The van der Waals surface area contributed by atoms with Gasteiger partial charge in [-0.25, -0.2) is 4.79 Å². The second-order valence-electron chi connectivity index (χ2n) is 6.54. The number of piperidine rings is 1. The summed E-state index contributed by atoms with van der Waals surface area (Å²) in [6, 6.07) is 5.19. The molecule has 0 radical (unpaired) electrons. The predicted octanol–water partition coefficient (Wildman–Crippen LogP) is 2.60. The van der Waals surface area contributed by atoms with Gasteiger partial charge in [0.2, 0.25) is 0 Å². The van der Waals surface area contributed by atoms with Crippen LogP contribution in [0.25, 0.3) is 0 Å². The summed E-state index contributed by atoms with van der Waals surface area (Å²) in [5.41, 5.74) is 0.949. The Morgan fingerprint density at radius 2 is 2.00 bits per heavy atom. The number of hydrogen-bond acceptors (Lipinski definition) is 6. The molecule has 0 unspecified atom stereocenters. The van der Waals surface area contributed by atoms with Crippen molar-refractivity contribution in [2.75, 3.05) is 13.1 Å². The van der Waals surface area contributed by atoms with E-state index >= 15 is 0 Å². The molecule has 1 amide bonds. The molecule has 0 spiro atoms. The van der Waals surface area contributed by atoms with Crippen LogP contribution in [0.2, 0.25) is 0 Å². The van der Waals surface area contributed by atoms with Crippen LogP contribution >= 0.6 is 0 Å². The summed E-state index contributed by atoms with van der Waals surface area (Å²) in [5.74, 6) is 0.237. The smallest absolute Gasteiger partial charge is 0.410 e. The molecule has 1 atom stereocenters. The number of aromatic nitrogens is 2. The van der Waals surface area contributed by atoms with Gasteiger partial charge in [-0.05, 0) is 38.8 Å². The van der Waals surface area contributed by atoms with Crippen LogP contribution in [0, 0.1) is 24.0 Å². The Labute approximate surface area is 155 Å². The molecule has 0 saturated carbocycles. The highest BCUT2D eigenvalue weighted by molar-refractivity contribution is 5.71. The first-order chi connectivity index (χ1) is 12.8. The molecule has 27 heavy (non-hydrogen) atoms. The predicted molar refractivity (Wildman–Crippen MR) is 96.9 cm³/mol. The van der Waals surface area contributed by atoms with E-state index in [9.17, 15) is 19.7 Å². The Morgan fingerprint density at radius 3 is 2.67 bits per heavy atom. The number of rotatable bonds is 3. The van der Waals surface area contributed by atoms with E-state index in [1.165, 1.54) is 24.3 Å². The maximum atomic E-state index is 12.5. The van der Waals surface area contributed by atoms with Gasteiger partial charge in [-0.1, -0.05) is 0 Å². The van der Waals surface area contributed by atoms with Crippen LogP contribution in [0.5, 0.6) is 5.75 Å². The van der Waals surface area contributed by atoms with Gasteiger partial charge in [0.1, 0.15) is 11.4 Å². The lowest BCUT2D eigenvalue weighted by Crippen LogP contribution is -2.44. The Bertz CT molecular complexity index is 922. The lowest BCUT2D eigenvalue weighted by molar-refractivity contribution is -0.384. The van der Waals surface area contributed by atoms with Crippen LogP contribution < -0.4 is 10.3 Å². The normalized spacial score (nSPS) is 16.8. The average molecular weight is 372 g/mol. The molecular weight excluding hydrogens is 352 g/mol. The van der Waals surface area contributed by atoms with E-state index in [1.807, 2.05) is 6.92 Å². The van der Waals surface area contributed by atoms with E-state index in [4.69, 9.17) is 4.74 Å². The first-order valence-electron chi connectivity index (χ1n) is 8.63. The fourth-order valence-electron chi connectivity index (χ4n) is 3.21. The van der Waals surface area contributed by atoms with Crippen molar-refractivity contribution < 1.29 is 14.5 Å². The number of amides is 1. The molecule has 142 valence electrons. The molecule has 1 aromatic carbocycles. The number of benzene rings is 1. The molecule has 1 aromatic heterocycles.